The lowest BCUT2D eigenvalue weighted by Crippen LogP contribution is -2.17. The van der Waals surface area contributed by atoms with Crippen molar-refractivity contribution in [1.29, 1.82) is 0 Å². The van der Waals surface area contributed by atoms with Gasteiger partial charge in [0.25, 0.3) is 0 Å². The lowest BCUT2D eigenvalue weighted by Gasteiger charge is -2.11. The van der Waals surface area contributed by atoms with Crippen molar-refractivity contribution in [3.63, 3.8) is 0 Å². The maximum Gasteiger partial charge on any atom is 0.0716 e. The van der Waals surface area contributed by atoms with E-state index in [0.29, 0.717) is 12.5 Å². The zero-order valence-corrected chi connectivity index (χ0v) is 11.5. The van der Waals surface area contributed by atoms with Crippen LogP contribution in [-0.2, 0) is 17.9 Å². The Morgan fingerprint density at radius 3 is 2.67 bits per heavy atom. The third-order valence-corrected chi connectivity index (χ3v) is 3.10. The van der Waals surface area contributed by atoms with Gasteiger partial charge in [0.1, 0.15) is 0 Å². The number of hydrogen-bond donors (Lipinski definition) is 2. The first kappa shape index (κ1) is 15.2. The molecular weight excluding hydrogens is 226 g/mol. The van der Waals surface area contributed by atoms with Crippen LogP contribution >= 0.6 is 0 Å². The van der Waals surface area contributed by atoms with E-state index in [4.69, 9.17) is 9.84 Å². The summed E-state index contributed by atoms with van der Waals surface area (Å²) in [5, 5.41) is 12.4. The molecule has 0 aliphatic rings. The molecule has 18 heavy (non-hydrogen) atoms. The number of benzene rings is 1. The minimum Gasteiger partial charge on any atom is -0.396 e. The number of aliphatic hydroxyl groups is 1. The van der Waals surface area contributed by atoms with Crippen LogP contribution in [0.15, 0.2) is 24.3 Å². The molecule has 1 aromatic carbocycles. The highest BCUT2D eigenvalue weighted by molar-refractivity contribution is 5.26. The molecule has 0 amide bonds. The highest BCUT2D eigenvalue weighted by atomic mass is 16.5. The van der Waals surface area contributed by atoms with Gasteiger partial charge in [-0.1, -0.05) is 31.2 Å². The predicted octanol–water partition coefficient (Wildman–Crippen LogP) is 2.33. The molecule has 0 aliphatic carbocycles. The number of nitrogens with one attached hydrogen (secondary N) is 1. The Labute approximate surface area is 110 Å². The second kappa shape index (κ2) is 9.09. The molecule has 0 saturated carbocycles. The minimum atomic E-state index is 0.288. The molecule has 1 atom stereocenters. The quantitative estimate of drug-likeness (QED) is 0.662. The molecule has 3 nitrogen and oxygen atoms in total. The first-order valence-electron chi connectivity index (χ1n) is 6.65. The second-order valence-electron chi connectivity index (χ2n) is 4.81. The van der Waals surface area contributed by atoms with Crippen molar-refractivity contribution >= 4 is 0 Å². The number of methoxy groups -OCH3 is 1. The standard InChI is InChI=1S/C15H25NO2/c1-13(11-17)6-5-9-16-10-14-7-3-4-8-15(14)12-18-2/h3-4,7-8,13,16-17H,5-6,9-12H2,1-2H3. The smallest absolute Gasteiger partial charge is 0.0716 e. The summed E-state index contributed by atoms with van der Waals surface area (Å²) >= 11 is 0. The van der Waals surface area contributed by atoms with Gasteiger partial charge < -0.3 is 15.2 Å². The van der Waals surface area contributed by atoms with E-state index in [2.05, 4.69) is 30.4 Å². The van der Waals surface area contributed by atoms with Crippen LogP contribution in [-0.4, -0.2) is 25.4 Å². The molecule has 1 aromatic rings. The first-order chi connectivity index (χ1) is 8.77. The summed E-state index contributed by atoms with van der Waals surface area (Å²) in [6, 6.07) is 8.34. The SMILES string of the molecule is COCc1ccccc1CNCCCC(C)CO. The lowest BCUT2D eigenvalue weighted by atomic mass is 10.1. The van der Waals surface area contributed by atoms with Gasteiger partial charge in [0.05, 0.1) is 6.61 Å². The van der Waals surface area contributed by atoms with E-state index in [9.17, 15) is 0 Å². The third-order valence-electron chi connectivity index (χ3n) is 3.10. The van der Waals surface area contributed by atoms with Crippen molar-refractivity contribution in [2.45, 2.75) is 32.9 Å². The molecule has 0 radical (unpaired) electrons. The Morgan fingerprint density at radius 2 is 2.00 bits per heavy atom. The maximum absolute atomic E-state index is 8.93. The molecule has 0 aromatic heterocycles. The summed E-state index contributed by atoms with van der Waals surface area (Å²) in [5.41, 5.74) is 2.55. The van der Waals surface area contributed by atoms with Crippen molar-refractivity contribution in [3.8, 4) is 0 Å². The Kier molecular flexibility index (Phi) is 7.65. The maximum atomic E-state index is 8.93. The van der Waals surface area contributed by atoms with E-state index < -0.39 is 0 Å². The highest BCUT2D eigenvalue weighted by Gasteiger charge is 2.02. The average molecular weight is 251 g/mol. The Hall–Kier alpha value is -0.900. The zero-order valence-electron chi connectivity index (χ0n) is 11.5. The topological polar surface area (TPSA) is 41.5 Å². The monoisotopic (exact) mass is 251 g/mol. The van der Waals surface area contributed by atoms with E-state index in [1.54, 1.807) is 7.11 Å². The van der Waals surface area contributed by atoms with E-state index >= 15 is 0 Å². The first-order valence-corrected chi connectivity index (χ1v) is 6.65. The summed E-state index contributed by atoms with van der Waals surface area (Å²) in [4.78, 5) is 0. The molecule has 0 aliphatic heterocycles. The van der Waals surface area contributed by atoms with Gasteiger partial charge in [-0.2, -0.15) is 0 Å². The van der Waals surface area contributed by atoms with Crippen LogP contribution in [0.3, 0.4) is 0 Å². The number of hydrogen-bond acceptors (Lipinski definition) is 3. The number of aliphatic hydroxyl groups excluding tert-OH is 1. The van der Waals surface area contributed by atoms with Crippen LogP contribution in [0, 0.1) is 5.92 Å². The summed E-state index contributed by atoms with van der Waals surface area (Å²) in [6.07, 6.45) is 2.18. The molecule has 102 valence electrons. The van der Waals surface area contributed by atoms with Gasteiger partial charge in [0.2, 0.25) is 0 Å². The molecule has 0 bridgehead atoms. The predicted molar refractivity (Wildman–Crippen MR) is 74.3 cm³/mol. The van der Waals surface area contributed by atoms with Crippen molar-refractivity contribution in [2.75, 3.05) is 20.3 Å². The molecule has 1 rings (SSSR count). The molecule has 2 N–H and O–H groups in total. The summed E-state index contributed by atoms with van der Waals surface area (Å²) in [6.45, 7) is 4.91. The van der Waals surface area contributed by atoms with Crippen LogP contribution < -0.4 is 5.32 Å². The summed E-state index contributed by atoms with van der Waals surface area (Å²) in [5.74, 6) is 0.410. The van der Waals surface area contributed by atoms with Crippen molar-refractivity contribution < 1.29 is 9.84 Å². The van der Waals surface area contributed by atoms with Gasteiger partial charge in [0, 0.05) is 20.3 Å². The second-order valence-corrected chi connectivity index (χ2v) is 4.81. The van der Waals surface area contributed by atoms with Gasteiger partial charge in [0.15, 0.2) is 0 Å². The molecule has 1 unspecified atom stereocenters. The fourth-order valence-corrected chi connectivity index (χ4v) is 1.92. The zero-order chi connectivity index (χ0) is 13.2. The van der Waals surface area contributed by atoms with Gasteiger partial charge in [-0.25, -0.2) is 0 Å². The molecule has 0 spiro atoms. The van der Waals surface area contributed by atoms with E-state index in [1.165, 1.54) is 11.1 Å². The molecule has 0 heterocycles. The Morgan fingerprint density at radius 1 is 1.28 bits per heavy atom. The lowest BCUT2D eigenvalue weighted by molar-refractivity contribution is 0.184. The highest BCUT2D eigenvalue weighted by Crippen LogP contribution is 2.09. The van der Waals surface area contributed by atoms with Crippen LogP contribution in [0.1, 0.15) is 30.9 Å². The van der Waals surface area contributed by atoms with E-state index in [1.807, 2.05) is 6.07 Å². The third kappa shape index (κ3) is 5.63. The molecule has 3 heteroatoms. The molecule has 0 saturated heterocycles. The summed E-state index contributed by atoms with van der Waals surface area (Å²) < 4.78 is 5.19. The summed E-state index contributed by atoms with van der Waals surface area (Å²) in [7, 11) is 1.72. The van der Waals surface area contributed by atoms with Crippen molar-refractivity contribution in [3.05, 3.63) is 35.4 Å². The Bertz CT molecular complexity index is 328. The minimum absolute atomic E-state index is 0.288. The average Bonchev–Trinajstić information content (AvgIpc) is 2.40. The number of rotatable bonds is 9. The molecular formula is C15H25NO2. The molecule has 0 fully saturated rings. The van der Waals surface area contributed by atoms with Gasteiger partial charge in [-0.15, -0.1) is 0 Å². The van der Waals surface area contributed by atoms with E-state index in [-0.39, 0.29) is 6.61 Å². The Balaban J connectivity index is 2.26. The normalized spacial score (nSPS) is 12.6. The van der Waals surface area contributed by atoms with Crippen molar-refractivity contribution in [2.24, 2.45) is 5.92 Å². The van der Waals surface area contributed by atoms with Crippen LogP contribution in [0.5, 0.6) is 0 Å². The fourth-order valence-electron chi connectivity index (χ4n) is 1.92. The van der Waals surface area contributed by atoms with Crippen LogP contribution in [0.25, 0.3) is 0 Å². The fraction of sp³-hybridized carbons (Fsp3) is 0.600. The van der Waals surface area contributed by atoms with Crippen LogP contribution in [0.2, 0.25) is 0 Å². The van der Waals surface area contributed by atoms with E-state index in [0.717, 1.165) is 25.9 Å². The van der Waals surface area contributed by atoms with Gasteiger partial charge in [-0.05, 0) is 36.4 Å². The van der Waals surface area contributed by atoms with Crippen LogP contribution in [0.4, 0.5) is 0 Å². The van der Waals surface area contributed by atoms with Gasteiger partial charge in [-0.3, -0.25) is 0 Å². The number of ether oxygens (including phenoxy) is 1. The van der Waals surface area contributed by atoms with Crippen molar-refractivity contribution in [1.82, 2.24) is 5.32 Å². The van der Waals surface area contributed by atoms with Gasteiger partial charge >= 0.3 is 0 Å². The largest absolute Gasteiger partial charge is 0.396 e.